The maximum absolute atomic E-state index is 13.1. The first kappa shape index (κ1) is 11.5. The van der Waals surface area contributed by atoms with Crippen LogP contribution in [0, 0.1) is 11.8 Å². The molecule has 0 radical (unpaired) electrons. The van der Waals surface area contributed by atoms with Crippen LogP contribution in [0.15, 0.2) is 53.4 Å². The summed E-state index contributed by atoms with van der Waals surface area (Å²) < 4.78 is 31.3. The van der Waals surface area contributed by atoms with E-state index in [4.69, 9.17) is 4.42 Å². The van der Waals surface area contributed by atoms with Crippen LogP contribution in [0.25, 0.3) is 22.6 Å². The van der Waals surface area contributed by atoms with Crippen molar-refractivity contribution in [3.63, 3.8) is 0 Å². The Labute approximate surface area is 107 Å². The maximum atomic E-state index is 13.1. The van der Waals surface area contributed by atoms with Crippen LogP contribution in [0.5, 0.6) is 0 Å². The molecule has 5 heteroatoms. The van der Waals surface area contributed by atoms with Crippen molar-refractivity contribution in [2.24, 2.45) is 0 Å². The first-order chi connectivity index (χ1) is 9.24. The third-order valence-corrected chi connectivity index (χ3v) is 2.67. The summed E-state index contributed by atoms with van der Waals surface area (Å²) in [5.74, 6) is -0.504. The van der Waals surface area contributed by atoms with Gasteiger partial charge in [-0.15, -0.1) is 0 Å². The highest BCUT2D eigenvalue weighted by molar-refractivity contribution is 5.76. The number of oxazole rings is 1. The second kappa shape index (κ2) is 4.61. The molecule has 0 aliphatic heterocycles. The van der Waals surface area contributed by atoms with E-state index in [2.05, 4.69) is 9.97 Å². The van der Waals surface area contributed by atoms with Gasteiger partial charge in [0.1, 0.15) is 11.5 Å². The van der Waals surface area contributed by atoms with Crippen LogP contribution in [0.2, 0.25) is 0 Å². The minimum absolute atomic E-state index is 0.330. The highest BCUT2D eigenvalue weighted by atomic mass is 19.1. The summed E-state index contributed by atoms with van der Waals surface area (Å²) in [5.41, 5.74) is 1.76. The summed E-state index contributed by atoms with van der Waals surface area (Å²) in [5, 5.41) is 0. The van der Waals surface area contributed by atoms with Gasteiger partial charge in [-0.1, -0.05) is 0 Å². The molecule has 0 N–H and O–H groups in total. The van der Waals surface area contributed by atoms with Crippen LogP contribution >= 0.6 is 0 Å². The predicted octanol–water partition coefficient (Wildman–Crippen LogP) is 3.68. The van der Waals surface area contributed by atoms with Crippen molar-refractivity contribution < 1.29 is 13.2 Å². The maximum Gasteiger partial charge on any atom is 0.213 e. The molecule has 0 unspecified atom stereocenters. The van der Waals surface area contributed by atoms with Gasteiger partial charge in [0.2, 0.25) is 5.95 Å². The predicted molar refractivity (Wildman–Crippen MR) is 65.1 cm³/mol. The molecule has 94 valence electrons. The van der Waals surface area contributed by atoms with E-state index < -0.39 is 5.95 Å². The third-order valence-electron chi connectivity index (χ3n) is 2.67. The Balaban J connectivity index is 2.10. The largest absolute Gasteiger partial charge is 0.443 e. The van der Waals surface area contributed by atoms with Crippen LogP contribution in [0.4, 0.5) is 8.78 Å². The summed E-state index contributed by atoms with van der Waals surface area (Å²) >= 11 is 0. The average Bonchev–Trinajstić information content (AvgIpc) is 2.89. The first-order valence-corrected chi connectivity index (χ1v) is 5.55. The van der Waals surface area contributed by atoms with Gasteiger partial charge in [0.25, 0.3) is 0 Å². The average molecular weight is 258 g/mol. The van der Waals surface area contributed by atoms with Crippen LogP contribution in [-0.2, 0) is 0 Å². The molecule has 0 atom stereocenters. The van der Waals surface area contributed by atoms with Crippen molar-refractivity contribution in [2.75, 3.05) is 0 Å². The Morgan fingerprint density at radius 2 is 1.68 bits per heavy atom. The van der Waals surface area contributed by atoms with E-state index in [-0.39, 0.29) is 5.82 Å². The number of hydrogen-bond donors (Lipinski definition) is 0. The second-order valence-electron chi connectivity index (χ2n) is 3.90. The minimum Gasteiger partial charge on any atom is -0.443 e. The molecule has 0 fully saturated rings. The normalized spacial score (nSPS) is 10.6. The molecule has 0 amide bonds. The summed E-state index contributed by atoms with van der Waals surface area (Å²) in [7, 11) is 0. The summed E-state index contributed by atoms with van der Waals surface area (Å²) in [4.78, 5) is 7.58. The highest BCUT2D eigenvalue weighted by Gasteiger charge is 2.13. The smallest absolute Gasteiger partial charge is 0.213 e. The zero-order chi connectivity index (χ0) is 13.2. The van der Waals surface area contributed by atoms with Gasteiger partial charge in [0.15, 0.2) is 12.2 Å². The molecular weight excluding hydrogens is 250 g/mol. The molecule has 0 bridgehead atoms. The number of pyridine rings is 1. The Morgan fingerprint density at radius 1 is 0.895 bits per heavy atom. The molecule has 0 aliphatic rings. The van der Waals surface area contributed by atoms with Gasteiger partial charge in [0.05, 0.1) is 0 Å². The molecule has 3 nitrogen and oxygen atoms in total. The van der Waals surface area contributed by atoms with Crippen molar-refractivity contribution in [3.8, 4) is 22.6 Å². The lowest BCUT2D eigenvalue weighted by Gasteiger charge is -2.01. The molecule has 0 spiro atoms. The zero-order valence-corrected chi connectivity index (χ0v) is 9.68. The van der Waals surface area contributed by atoms with E-state index in [1.54, 1.807) is 18.2 Å². The van der Waals surface area contributed by atoms with Gasteiger partial charge in [-0.2, -0.15) is 4.39 Å². The number of nitrogens with zero attached hydrogens (tertiary/aromatic N) is 2. The van der Waals surface area contributed by atoms with E-state index >= 15 is 0 Å². The van der Waals surface area contributed by atoms with Crippen LogP contribution in [0.3, 0.4) is 0 Å². The highest BCUT2D eigenvalue weighted by Crippen LogP contribution is 2.30. The fraction of sp³-hybridized carbons (Fsp3) is 0. The Kier molecular flexibility index (Phi) is 2.79. The van der Waals surface area contributed by atoms with Crippen molar-refractivity contribution >= 4 is 0 Å². The van der Waals surface area contributed by atoms with Gasteiger partial charge in [-0.05, 0) is 30.3 Å². The zero-order valence-electron chi connectivity index (χ0n) is 9.68. The van der Waals surface area contributed by atoms with E-state index in [0.29, 0.717) is 22.6 Å². The number of rotatable bonds is 2. The van der Waals surface area contributed by atoms with E-state index in [1.807, 2.05) is 0 Å². The van der Waals surface area contributed by atoms with Crippen LogP contribution in [-0.4, -0.2) is 9.97 Å². The number of benzene rings is 1. The van der Waals surface area contributed by atoms with E-state index in [1.165, 1.54) is 30.8 Å². The minimum atomic E-state index is -0.598. The molecule has 0 saturated heterocycles. The van der Waals surface area contributed by atoms with Gasteiger partial charge >= 0.3 is 0 Å². The monoisotopic (exact) mass is 258 g/mol. The second-order valence-corrected chi connectivity index (χ2v) is 3.90. The molecule has 3 aromatic rings. The van der Waals surface area contributed by atoms with Gasteiger partial charge in [-0.25, -0.2) is 14.4 Å². The lowest BCUT2D eigenvalue weighted by atomic mass is 10.1. The molecule has 1 aromatic carbocycles. The Morgan fingerprint density at radius 3 is 2.42 bits per heavy atom. The van der Waals surface area contributed by atoms with Gasteiger partial charge < -0.3 is 4.42 Å². The molecule has 0 saturated carbocycles. The topological polar surface area (TPSA) is 38.9 Å². The van der Waals surface area contributed by atoms with Crippen molar-refractivity contribution in [1.82, 2.24) is 9.97 Å². The Hall–Kier alpha value is -2.56. The number of hydrogen-bond acceptors (Lipinski definition) is 3. The Bertz CT molecular complexity index is 707. The lowest BCUT2D eigenvalue weighted by Crippen LogP contribution is -1.86. The molecule has 2 heterocycles. The fourth-order valence-corrected chi connectivity index (χ4v) is 1.81. The van der Waals surface area contributed by atoms with Crippen molar-refractivity contribution in [2.45, 2.75) is 0 Å². The van der Waals surface area contributed by atoms with Crippen LogP contribution < -0.4 is 0 Å². The van der Waals surface area contributed by atoms with Gasteiger partial charge in [0, 0.05) is 23.4 Å². The van der Waals surface area contributed by atoms with E-state index in [9.17, 15) is 8.78 Å². The quantitative estimate of drug-likeness (QED) is 0.658. The molecule has 2 aromatic heterocycles. The molecule has 3 rings (SSSR count). The lowest BCUT2D eigenvalue weighted by molar-refractivity contribution is 0.565. The molecule has 0 aliphatic carbocycles. The van der Waals surface area contributed by atoms with Crippen LogP contribution in [0.1, 0.15) is 0 Å². The van der Waals surface area contributed by atoms with Gasteiger partial charge in [-0.3, -0.25) is 0 Å². The van der Waals surface area contributed by atoms with E-state index in [0.717, 1.165) is 0 Å². The number of halogens is 2. The number of aromatic nitrogens is 2. The molecular formula is C14H8F2N2O. The van der Waals surface area contributed by atoms with Crippen molar-refractivity contribution in [3.05, 3.63) is 60.8 Å². The third kappa shape index (κ3) is 2.22. The first-order valence-electron chi connectivity index (χ1n) is 5.55. The standard InChI is InChI=1S/C14H8F2N2O/c15-11-3-1-9(2-4-11)13-14(19-8-18-13)10-5-6-17-12(16)7-10/h1-8H. The van der Waals surface area contributed by atoms with Crippen molar-refractivity contribution in [1.29, 1.82) is 0 Å². The summed E-state index contributed by atoms with van der Waals surface area (Å²) in [6.07, 6.45) is 2.62. The fourth-order valence-electron chi connectivity index (χ4n) is 1.81. The summed E-state index contributed by atoms with van der Waals surface area (Å²) in [6.45, 7) is 0. The molecule has 19 heavy (non-hydrogen) atoms. The SMILES string of the molecule is Fc1ccc(-c2ncoc2-c2ccnc(F)c2)cc1. The summed E-state index contributed by atoms with van der Waals surface area (Å²) in [6, 6.07) is 8.73.